The molecule has 114 valence electrons. The fraction of sp³-hybridized carbons (Fsp3) is 0.286. The Labute approximate surface area is 123 Å². The number of nitrogens with zero attached hydrogens (tertiary/aromatic N) is 1. The summed E-state index contributed by atoms with van der Waals surface area (Å²) in [5.74, 6) is 1.27. The largest absolute Gasteiger partial charge is 0.497 e. The Morgan fingerprint density at radius 3 is 2.52 bits per heavy atom. The van der Waals surface area contributed by atoms with E-state index in [1.807, 2.05) is 0 Å². The van der Waals surface area contributed by atoms with E-state index in [1.165, 1.54) is 37.9 Å². The molecule has 0 unspecified atom stereocenters. The van der Waals surface area contributed by atoms with E-state index in [1.54, 1.807) is 24.3 Å². The Morgan fingerprint density at radius 2 is 1.95 bits per heavy atom. The molecule has 0 atom stereocenters. The highest BCUT2D eigenvalue weighted by atomic mass is 32.2. The van der Waals surface area contributed by atoms with Gasteiger partial charge in [0.15, 0.2) is 0 Å². The fourth-order valence-corrected chi connectivity index (χ4v) is 3.16. The van der Waals surface area contributed by atoms with Crippen LogP contribution in [-0.4, -0.2) is 34.0 Å². The van der Waals surface area contributed by atoms with Gasteiger partial charge in [-0.15, -0.1) is 0 Å². The van der Waals surface area contributed by atoms with Crippen LogP contribution >= 0.6 is 0 Å². The van der Waals surface area contributed by atoms with Crippen molar-refractivity contribution in [3.63, 3.8) is 0 Å². The van der Waals surface area contributed by atoms with Crippen molar-refractivity contribution in [3.8, 4) is 11.5 Å². The first kappa shape index (κ1) is 15.4. The van der Waals surface area contributed by atoms with Crippen molar-refractivity contribution in [3.05, 3.63) is 42.4 Å². The summed E-state index contributed by atoms with van der Waals surface area (Å²) in [5, 5.41) is 0. The SMILES string of the molecule is COc1ccc(OC)c(S(=O)(=O)N(C)Cc2ccco2)c1. The standard InChI is InChI=1S/C14H17NO5S/c1-15(10-12-5-4-8-20-12)21(16,17)14-9-11(18-2)6-7-13(14)19-3/h4-9H,10H2,1-3H3. The summed E-state index contributed by atoms with van der Waals surface area (Å²) < 4.78 is 41.9. The van der Waals surface area contributed by atoms with E-state index < -0.39 is 10.0 Å². The maximum atomic E-state index is 12.7. The Kier molecular flexibility index (Phi) is 4.54. The minimum Gasteiger partial charge on any atom is -0.497 e. The zero-order valence-electron chi connectivity index (χ0n) is 12.1. The number of methoxy groups -OCH3 is 2. The van der Waals surface area contributed by atoms with Gasteiger partial charge < -0.3 is 13.9 Å². The lowest BCUT2D eigenvalue weighted by Gasteiger charge is -2.18. The molecule has 1 aromatic carbocycles. The zero-order valence-corrected chi connectivity index (χ0v) is 12.9. The number of rotatable bonds is 6. The summed E-state index contributed by atoms with van der Waals surface area (Å²) in [7, 11) is 0.662. The Morgan fingerprint density at radius 1 is 1.19 bits per heavy atom. The molecule has 0 fully saturated rings. The van der Waals surface area contributed by atoms with Gasteiger partial charge in [0.05, 0.1) is 27.0 Å². The van der Waals surface area contributed by atoms with Crippen LogP contribution in [0.4, 0.5) is 0 Å². The van der Waals surface area contributed by atoms with Crippen LogP contribution in [0, 0.1) is 0 Å². The van der Waals surface area contributed by atoms with Gasteiger partial charge in [0, 0.05) is 13.1 Å². The molecule has 21 heavy (non-hydrogen) atoms. The number of sulfonamides is 1. The molecule has 2 rings (SSSR count). The molecule has 7 heteroatoms. The van der Waals surface area contributed by atoms with Crippen molar-refractivity contribution < 1.29 is 22.3 Å². The highest BCUT2D eigenvalue weighted by molar-refractivity contribution is 7.89. The third kappa shape index (κ3) is 3.20. The van der Waals surface area contributed by atoms with Gasteiger partial charge in [0.1, 0.15) is 22.2 Å². The van der Waals surface area contributed by atoms with Crippen LogP contribution in [0.3, 0.4) is 0 Å². The van der Waals surface area contributed by atoms with Crippen LogP contribution in [0.2, 0.25) is 0 Å². The van der Waals surface area contributed by atoms with E-state index in [9.17, 15) is 8.42 Å². The van der Waals surface area contributed by atoms with Gasteiger partial charge in [-0.05, 0) is 24.3 Å². The molecular formula is C14H17NO5S. The van der Waals surface area contributed by atoms with Gasteiger partial charge in [-0.2, -0.15) is 4.31 Å². The summed E-state index contributed by atoms with van der Waals surface area (Å²) in [6.45, 7) is 0.135. The van der Waals surface area contributed by atoms with Gasteiger partial charge in [0.25, 0.3) is 0 Å². The van der Waals surface area contributed by atoms with E-state index in [0.29, 0.717) is 11.5 Å². The van der Waals surface area contributed by atoms with E-state index in [2.05, 4.69) is 0 Å². The van der Waals surface area contributed by atoms with Crippen LogP contribution < -0.4 is 9.47 Å². The molecule has 0 aliphatic carbocycles. The summed E-state index contributed by atoms with van der Waals surface area (Å²) in [6.07, 6.45) is 1.50. The monoisotopic (exact) mass is 311 g/mol. The highest BCUT2D eigenvalue weighted by Crippen LogP contribution is 2.30. The van der Waals surface area contributed by atoms with Crippen molar-refractivity contribution in [2.75, 3.05) is 21.3 Å². The molecular weight excluding hydrogens is 294 g/mol. The van der Waals surface area contributed by atoms with Gasteiger partial charge in [-0.1, -0.05) is 0 Å². The molecule has 0 aliphatic rings. The molecule has 0 radical (unpaired) electrons. The molecule has 6 nitrogen and oxygen atoms in total. The summed E-state index contributed by atoms with van der Waals surface area (Å²) >= 11 is 0. The van der Waals surface area contributed by atoms with Crippen LogP contribution in [0.1, 0.15) is 5.76 Å². The third-order valence-corrected chi connectivity index (χ3v) is 4.84. The van der Waals surface area contributed by atoms with E-state index >= 15 is 0 Å². The molecule has 1 aromatic heterocycles. The van der Waals surface area contributed by atoms with Crippen LogP contribution in [0.5, 0.6) is 11.5 Å². The zero-order chi connectivity index (χ0) is 15.5. The fourth-order valence-electron chi connectivity index (χ4n) is 1.86. The van der Waals surface area contributed by atoms with Crippen LogP contribution in [0.15, 0.2) is 45.9 Å². The molecule has 1 heterocycles. The molecule has 0 bridgehead atoms. The van der Waals surface area contributed by atoms with Crippen molar-refractivity contribution in [2.45, 2.75) is 11.4 Å². The number of hydrogen-bond donors (Lipinski definition) is 0. The second-order valence-corrected chi connectivity index (χ2v) is 6.37. The molecule has 0 amide bonds. The van der Waals surface area contributed by atoms with Gasteiger partial charge in [-0.25, -0.2) is 8.42 Å². The third-order valence-electron chi connectivity index (χ3n) is 3.02. The van der Waals surface area contributed by atoms with E-state index in [4.69, 9.17) is 13.9 Å². The van der Waals surface area contributed by atoms with Crippen LogP contribution in [0.25, 0.3) is 0 Å². The molecule has 0 saturated heterocycles. The van der Waals surface area contributed by atoms with Gasteiger partial charge in [0.2, 0.25) is 10.0 Å². The van der Waals surface area contributed by atoms with Crippen molar-refractivity contribution in [1.29, 1.82) is 0 Å². The molecule has 0 N–H and O–H groups in total. The Balaban J connectivity index is 2.38. The van der Waals surface area contributed by atoms with Gasteiger partial charge in [-0.3, -0.25) is 0 Å². The molecule has 0 aliphatic heterocycles. The predicted molar refractivity (Wildman–Crippen MR) is 76.9 cm³/mol. The second kappa shape index (κ2) is 6.19. The average molecular weight is 311 g/mol. The minimum absolute atomic E-state index is 0.0541. The maximum absolute atomic E-state index is 12.7. The smallest absolute Gasteiger partial charge is 0.247 e. The first-order chi connectivity index (χ1) is 9.98. The number of hydrogen-bond acceptors (Lipinski definition) is 5. The highest BCUT2D eigenvalue weighted by Gasteiger charge is 2.26. The maximum Gasteiger partial charge on any atom is 0.247 e. The normalized spacial score (nSPS) is 11.6. The Hall–Kier alpha value is -1.99. The molecule has 0 saturated carbocycles. The number of benzene rings is 1. The number of ether oxygens (including phenoxy) is 2. The first-order valence-electron chi connectivity index (χ1n) is 6.19. The lowest BCUT2D eigenvalue weighted by molar-refractivity contribution is 0.382. The average Bonchev–Trinajstić information content (AvgIpc) is 2.99. The minimum atomic E-state index is -3.72. The van der Waals surface area contributed by atoms with E-state index in [-0.39, 0.29) is 17.2 Å². The first-order valence-corrected chi connectivity index (χ1v) is 7.64. The van der Waals surface area contributed by atoms with Crippen LogP contribution in [-0.2, 0) is 16.6 Å². The Bertz CT molecular complexity index is 694. The topological polar surface area (TPSA) is 69.0 Å². The quantitative estimate of drug-likeness (QED) is 0.817. The summed E-state index contributed by atoms with van der Waals surface area (Å²) in [6, 6.07) is 8.07. The summed E-state index contributed by atoms with van der Waals surface area (Å²) in [4.78, 5) is 0.0541. The van der Waals surface area contributed by atoms with Crippen molar-refractivity contribution in [2.24, 2.45) is 0 Å². The summed E-state index contributed by atoms with van der Waals surface area (Å²) in [5.41, 5.74) is 0. The lowest BCUT2D eigenvalue weighted by atomic mass is 10.3. The van der Waals surface area contributed by atoms with Crippen molar-refractivity contribution >= 4 is 10.0 Å². The predicted octanol–water partition coefficient (Wildman–Crippen LogP) is 2.12. The lowest BCUT2D eigenvalue weighted by Crippen LogP contribution is -2.26. The molecule has 2 aromatic rings. The molecule has 0 spiro atoms. The van der Waals surface area contributed by atoms with Gasteiger partial charge >= 0.3 is 0 Å². The second-order valence-electron chi connectivity index (χ2n) is 4.36. The number of furan rings is 1. The van der Waals surface area contributed by atoms with Crippen molar-refractivity contribution in [1.82, 2.24) is 4.31 Å². The van der Waals surface area contributed by atoms with E-state index in [0.717, 1.165) is 0 Å².